The van der Waals surface area contributed by atoms with E-state index in [1.165, 1.54) is 23.5 Å². The van der Waals surface area contributed by atoms with E-state index >= 15 is 0 Å². The van der Waals surface area contributed by atoms with E-state index in [9.17, 15) is 18.0 Å². The maximum atomic E-state index is 12.7. The van der Waals surface area contributed by atoms with E-state index in [-0.39, 0.29) is 17.6 Å². The first-order chi connectivity index (χ1) is 11.3. The molecule has 1 atom stereocenters. The monoisotopic (exact) mass is 355 g/mol. The van der Waals surface area contributed by atoms with Gasteiger partial charge in [0.1, 0.15) is 5.69 Å². The summed E-state index contributed by atoms with van der Waals surface area (Å²) in [6.45, 7) is 2.79. The zero-order valence-electron chi connectivity index (χ0n) is 12.9. The first-order valence-electron chi connectivity index (χ1n) is 7.47. The summed E-state index contributed by atoms with van der Waals surface area (Å²) in [6.07, 6.45) is -3.52. The number of aromatic nitrogens is 1. The number of hydrogen-bond donors (Lipinski definition) is 1. The first kappa shape index (κ1) is 16.9. The molecule has 3 rings (SSSR count). The number of hydrogen-bond acceptors (Lipinski definition) is 4. The second-order valence-corrected chi connectivity index (χ2v) is 6.87. The topological polar surface area (TPSA) is 59.2 Å². The lowest BCUT2D eigenvalue weighted by Crippen LogP contribution is -2.54. The molecule has 1 amide bonds. The van der Waals surface area contributed by atoms with Crippen LogP contribution in [0.1, 0.15) is 27.5 Å². The number of nitrogens with zero attached hydrogens (tertiary/aromatic N) is 2. The summed E-state index contributed by atoms with van der Waals surface area (Å²) in [7, 11) is 0. The molecule has 1 aromatic heterocycles. The van der Waals surface area contributed by atoms with E-state index in [4.69, 9.17) is 5.73 Å². The smallest absolute Gasteiger partial charge is 0.333 e. The van der Waals surface area contributed by atoms with Crippen LogP contribution in [0.3, 0.4) is 0 Å². The van der Waals surface area contributed by atoms with Crippen molar-refractivity contribution in [2.24, 2.45) is 5.73 Å². The van der Waals surface area contributed by atoms with Gasteiger partial charge in [-0.25, -0.2) is 4.98 Å². The van der Waals surface area contributed by atoms with E-state index in [1.54, 1.807) is 11.8 Å². The van der Waals surface area contributed by atoms with Crippen molar-refractivity contribution in [1.29, 1.82) is 0 Å². The Morgan fingerprint density at radius 3 is 2.54 bits per heavy atom. The number of thiazole rings is 1. The Hall–Kier alpha value is -1.93. The second-order valence-electron chi connectivity index (χ2n) is 5.66. The van der Waals surface area contributed by atoms with Crippen LogP contribution in [0.25, 0.3) is 10.4 Å². The van der Waals surface area contributed by atoms with Gasteiger partial charge in [0, 0.05) is 19.1 Å². The third-order valence-corrected chi connectivity index (χ3v) is 5.11. The van der Waals surface area contributed by atoms with Crippen molar-refractivity contribution in [3.8, 4) is 10.4 Å². The van der Waals surface area contributed by atoms with Crippen molar-refractivity contribution in [3.63, 3.8) is 0 Å². The van der Waals surface area contributed by atoms with Crippen molar-refractivity contribution in [2.75, 3.05) is 13.1 Å². The number of alkyl halides is 3. The van der Waals surface area contributed by atoms with Crippen LogP contribution in [-0.4, -0.2) is 34.9 Å². The summed E-state index contributed by atoms with van der Waals surface area (Å²) >= 11 is 1.30. The molecule has 0 saturated carbocycles. The lowest BCUT2D eigenvalue weighted by Gasteiger charge is -2.40. The molecular formula is C16H16F3N3OS. The molecule has 0 radical (unpaired) electrons. The first-order valence-corrected chi connectivity index (χ1v) is 8.29. The Morgan fingerprint density at radius 1 is 1.38 bits per heavy atom. The Morgan fingerprint density at radius 2 is 2.04 bits per heavy atom. The number of rotatable bonds is 3. The minimum Gasteiger partial charge on any atom is -0.333 e. The normalized spacial score (nSPS) is 17.7. The molecule has 128 valence electrons. The van der Waals surface area contributed by atoms with Gasteiger partial charge >= 0.3 is 6.18 Å². The van der Waals surface area contributed by atoms with Crippen molar-refractivity contribution in [3.05, 3.63) is 40.5 Å². The predicted octanol–water partition coefficient (Wildman–Crippen LogP) is 3.31. The highest BCUT2D eigenvalue weighted by atomic mass is 32.1. The minimum absolute atomic E-state index is 0.0139. The van der Waals surface area contributed by atoms with E-state index in [1.807, 2.05) is 0 Å². The van der Waals surface area contributed by atoms with Crippen molar-refractivity contribution < 1.29 is 18.0 Å². The zero-order chi connectivity index (χ0) is 17.5. The van der Waals surface area contributed by atoms with Gasteiger partial charge in [0.15, 0.2) is 0 Å². The average Bonchev–Trinajstić information content (AvgIpc) is 2.88. The third kappa shape index (κ3) is 3.03. The number of aryl methyl sites for hydroxylation is 1. The maximum Gasteiger partial charge on any atom is 0.416 e. The highest BCUT2D eigenvalue weighted by Crippen LogP contribution is 2.35. The fourth-order valence-electron chi connectivity index (χ4n) is 2.67. The Kier molecular flexibility index (Phi) is 4.35. The van der Waals surface area contributed by atoms with Crippen LogP contribution >= 0.6 is 11.3 Å². The number of likely N-dealkylation sites (tertiary alicyclic amines) is 1. The standard InChI is InChI=1S/C16H16F3N3OS/c1-9-21-13(15(23)22-7-6-12(22)8-20)14(24-9)10-2-4-11(5-3-10)16(17,18)19/h2-5,12H,6-8,20H2,1H3. The van der Waals surface area contributed by atoms with Gasteiger partial charge in [0.25, 0.3) is 5.91 Å². The Balaban J connectivity index is 1.93. The van der Waals surface area contributed by atoms with E-state index < -0.39 is 11.7 Å². The fraction of sp³-hybridized carbons (Fsp3) is 0.375. The molecule has 0 aliphatic carbocycles. The quantitative estimate of drug-likeness (QED) is 0.919. The van der Waals surface area contributed by atoms with Crippen LogP contribution in [-0.2, 0) is 6.18 Å². The number of amides is 1. The molecule has 2 N–H and O–H groups in total. The van der Waals surface area contributed by atoms with E-state index in [0.29, 0.717) is 28.5 Å². The van der Waals surface area contributed by atoms with Gasteiger partial charge in [-0.2, -0.15) is 13.2 Å². The Labute approximate surface area is 141 Å². The van der Waals surface area contributed by atoms with Crippen LogP contribution in [0.5, 0.6) is 0 Å². The number of benzene rings is 1. The van der Waals surface area contributed by atoms with Crippen LogP contribution in [0.15, 0.2) is 24.3 Å². The predicted molar refractivity (Wildman–Crippen MR) is 85.8 cm³/mol. The summed E-state index contributed by atoms with van der Waals surface area (Å²) < 4.78 is 38.1. The zero-order valence-corrected chi connectivity index (χ0v) is 13.7. The molecule has 24 heavy (non-hydrogen) atoms. The summed E-state index contributed by atoms with van der Waals surface area (Å²) in [6, 6.07) is 4.81. The van der Waals surface area contributed by atoms with Gasteiger partial charge in [0.2, 0.25) is 0 Å². The molecule has 1 saturated heterocycles. The van der Waals surface area contributed by atoms with E-state index in [0.717, 1.165) is 18.6 Å². The van der Waals surface area contributed by atoms with Gasteiger partial charge in [0.05, 0.1) is 15.4 Å². The van der Waals surface area contributed by atoms with Gasteiger partial charge in [-0.1, -0.05) is 12.1 Å². The summed E-state index contributed by atoms with van der Waals surface area (Å²) in [5, 5.41) is 0.693. The van der Waals surface area contributed by atoms with Gasteiger partial charge in [-0.05, 0) is 31.0 Å². The molecule has 1 aliphatic rings. The van der Waals surface area contributed by atoms with Gasteiger partial charge < -0.3 is 10.6 Å². The molecule has 1 aromatic carbocycles. The van der Waals surface area contributed by atoms with Crippen LogP contribution in [0.2, 0.25) is 0 Å². The van der Waals surface area contributed by atoms with Crippen molar-refractivity contribution in [2.45, 2.75) is 25.6 Å². The van der Waals surface area contributed by atoms with Crippen molar-refractivity contribution >= 4 is 17.2 Å². The molecule has 2 aromatic rings. The van der Waals surface area contributed by atoms with Gasteiger partial charge in [-0.15, -0.1) is 11.3 Å². The Bertz CT molecular complexity index is 753. The molecular weight excluding hydrogens is 339 g/mol. The molecule has 1 fully saturated rings. The largest absolute Gasteiger partial charge is 0.416 e. The minimum atomic E-state index is -4.38. The third-order valence-electron chi connectivity index (χ3n) is 4.09. The fourth-order valence-corrected chi connectivity index (χ4v) is 3.58. The molecule has 1 aliphatic heterocycles. The average molecular weight is 355 g/mol. The lowest BCUT2D eigenvalue weighted by atomic mass is 10.0. The van der Waals surface area contributed by atoms with Crippen molar-refractivity contribution in [1.82, 2.24) is 9.88 Å². The highest BCUT2D eigenvalue weighted by Gasteiger charge is 2.34. The summed E-state index contributed by atoms with van der Waals surface area (Å²) in [4.78, 5) is 19.2. The van der Waals surface area contributed by atoms with Crippen LogP contribution < -0.4 is 5.73 Å². The SMILES string of the molecule is Cc1nc(C(=O)N2CCC2CN)c(-c2ccc(C(F)(F)F)cc2)s1. The molecule has 8 heteroatoms. The molecule has 1 unspecified atom stereocenters. The number of carbonyl (C=O) groups is 1. The molecule has 2 heterocycles. The number of carbonyl (C=O) groups excluding carboxylic acids is 1. The lowest BCUT2D eigenvalue weighted by molar-refractivity contribution is -0.137. The molecule has 0 bridgehead atoms. The second kappa shape index (κ2) is 6.18. The number of halogens is 3. The summed E-state index contributed by atoms with van der Waals surface area (Å²) in [5.41, 5.74) is 5.76. The van der Waals surface area contributed by atoms with E-state index in [2.05, 4.69) is 4.98 Å². The molecule has 4 nitrogen and oxygen atoms in total. The highest BCUT2D eigenvalue weighted by molar-refractivity contribution is 7.15. The van der Waals surface area contributed by atoms with Crippen LogP contribution in [0, 0.1) is 6.92 Å². The number of nitrogens with two attached hydrogens (primary N) is 1. The summed E-state index contributed by atoms with van der Waals surface area (Å²) in [5.74, 6) is -0.212. The molecule has 0 spiro atoms. The van der Waals surface area contributed by atoms with Gasteiger partial charge in [-0.3, -0.25) is 4.79 Å². The van der Waals surface area contributed by atoms with Crippen LogP contribution in [0.4, 0.5) is 13.2 Å². The maximum absolute atomic E-state index is 12.7.